The summed E-state index contributed by atoms with van der Waals surface area (Å²) in [7, 11) is 6.29. The van der Waals surface area contributed by atoms with Crippen molar-refractivity contribution < 1.29 is 17.9 Å². The quantitative estimate of drug-likeness (QED) is 0.427. The number of ether oxygens (including phenoxy) is 1. The molecule has 78 valence electrons. The van der Waals surface area contributed by atoms with Gasteiger partial charge in [0.25, 0.3) is 0 Å². The molecule has 0 saturated heterocycles. The van der Waals surface area contributed by atoms with Crippen molar-refractivity contribution >= 4 is 7.85 Å². The fourth-order valence-electron chi connectivity index (χ4n) is 0.798. The molecule has 0 aliphatic carbocycles. The summed E-state index contributed by atoms with van der Waals surface area (Å²) >= 11 is 0. The molecule has 2 nitrogen and oxygen atoms in total. The van der Waals surface area contributed by atoms with Gasteiger partial charge in [-0.05, 0) is 0 Å². The van der Waals surface area contributed by atoms with Crippen LogP contribution >= 0.6 is 0 Å². The highest BCUT2D eigenvalue weighted by Gasteiger charge is 2.42. The molecule has 0 aliphatic heterocycles. The van der Waals surface area contributed by atoms with Crippen LogP contribution in [0.25, 0.3) is 0 Å². The van der Waals surface area contributed by atoms with E-state index in [1.807, 2.05) is 0 Å². The Labute approximate surface area is 82.0 Å². The second-order valence-corrected chi connectivity index (χ2v) is 2.64. The molecule has 2 radical (unpaired) electrons. The molecule has 0 rings (SSSR count). The molecular formula is C8H11BF3NO. The van der Waals surface area contributed by atoms with Gasteiger partial charge in [-0.1, -0.05) is 18.7 Å². The van der Waals surface area contributed by atoms with Gasteiger partial charge in [-0.2, -0.15) is 13.2 Å². The minimum Gasteiger partial charge on any atom is -0.366 e. The maximum atomic E-state index is 12.4. The third-order valence-corrected chi connectivity index (χ3v) is 1.61. The third kappa shape index (κ3) is 3.98. The lowest BCUT2D eigenvalue weighted by atomic mass is 9.90. The summed E-state index contributed by atoms with van der Waals surface area (Å²) in [5, 5.41) is 0. The highest BCUT2D eigenvalue weighted by atomic mass is 19.4. The van der Waals surface area contributed by atoms with Gasteiger partial charge < -0.3 is 10.5 Å². The van der Waals surface area contributed by atoms with E-state index in [0.717, 1.165) is 19.3 Å². The second-order valence-electron chi connectivity index (χ2n) is 2.64. The minimum atomic E-state index is -4.48. The van der Waals surface area contributed by atoms with E-state index in [1.54, 1.807) is 0 Å². The number of allylic oxidation sites excluding steroid dienone is 2. The lowest BCUT2D eigenvalue weighted by Gasteiger charge is -2.22. The Morgan fingerprint density at radius 1 is 1.57 bits per heavy atom. The summed E-state index contributed by atoms with van der Waals surface area (Å²) in [4.78, 5) is 0. The Balaban J connectivity index is 4.83. The number of nitrogens with two attached hydrogens (primary N) is 1. The molecule has 0 aromatic heterocycles. The van der Waals surface area contributed by atoms with Crippen LogP contribution in [0.3, 0.4) is 0 Å². The van der Waals surface area contributed by atoms with Crippen molar-refractivity contribution in [3.8, 4) is 0 Å². The predicted octanol–water partition coefficient (Wildman–Crippen LogP) is 1.33. The number of hydrogen-bond acceptors (Lipinski definition) is 2. The molecule has 2 unspecified atom stereocenters. The monoisotopic (exact) mass is 205 g/mol. The fourth-order valence-corrected chi connectivity index (χ4v) is 0.798. The Morgan fingerprint density at radius 2 is 2.07 bits per heavy atom. The SMILES string of the molecule is [B]/C(C=C)=C/C(C(N)OC)C(F)(F)F. The van der Waals surface area contributed by atoms with Crippen molar-refractivity contribution in [2.24, 2.45) is 11.7 Å². The smallest absolute Gasteiger partial charge is 0.366 e. The normalized spacial score (nSPS) is 17.6. The van der Waals surface area contributed by atoms with Crippen LogP contribution in [0.2, 0.25) is 0 Å². The molecule has 14 heavy (non-hydrogen) atoms. The number of alkyl halides is 3. The van der Waals surface area contributed by atoms with E-state index in [2.05, 4.69) is 11.3 Å². The van der Waals surface area contributed by atoms with Gasteiger partial charge in [0, 0.05) is 7.11 Å². The Kier molecular flexibility index (Phi) is 4.94. The zero-order chi connectivity index (χ0) is 11.4. The van der Waals surface area contributed by atoms with Gasteiger partial charge in [0.1, 0.15) is 20.0 Å². The van der Waals surface area contributed by atoms with Gasteiger partial charge in [-0.25, -0.2) is 0 Å². The zero-order valence-corrected chi connectivity index (χ0v) is 7.71. The van der Waals surface area contributed by atoms with Gasteiger partial charge in [0.2, 0.25) is 0 Å². The van der Waals surface area contributed by atoms with Crippen molar-refractivity contribution in [1.82, 2.24) is 0 Å². The molecule has 0 heterocycles. The first-order valence-corrected chi connectivity index (χ1v) is 3.77. The first kappa shape index (κ1) is 13.3. The molecule has 2 N–H and O–H groups in total. The van der Waals surface area contributed by atoms with Crippen molar-refractivity contribution in [2.75, 3.05) is 7.11 Å². The number of hydrogen-bond donors (Lipinski definition) is 1. The van der Waals surface area contributed by atoms with Crippen molar-refractivity contribution in [3.63, 3.8) is 0 Å². The van der Waals surface area contributed by atoms with Crippen LogP contribution in [0.4, 0.5) is 13.2 Å². The van der Waals surface area contributed by atoms with Crippen LogP contribution in [0.15, 0.2) is 24.2 Å². The summed E-state index contributed by atoms with van der Waals surface area (Å²) in [5.74, 6) is -1.93. The standard InChI is InChI=1S/C8H11BF3NO/c1-3-5(9)4-6(7(13)14-2)8(10,11)12/h3-4,6-7H,1,13H2,2H3/b5-4+. The number of methoxy groups -OCH3 is 1. The van der Waals surface area contributed by atoms with Gasteiger partial charge in [-0.15, -0.1) is 5.47 Å². The molecule has 0 spiro atoms. The molecule has 0 saturated carbocycles. The van der Waals surface area contributed by atoms with Gasteiger partial charge >= 0.3 is 6.18 Å². The van der Waals surface area contributed by atoms with Crippen LogP contribution in [-0.4, -0.2) is 27.4 Å². The maximum absolute atomic E-state index is 12.4. The van der Waals surface area contributed by atoms with E-state index in [9.17, 15) is 13.2 Å². The zero-order valence-electron chi connectivity index (χ0n) is 7.71. The summed E-state index contributed by atoms with van der Waals surface area (Å²) in [6.45, 7) is 3.24. The molecule has 2 atom stereocenters. The highest BCUT2D eigenvalue weighted by Crippen LogP contribution is 2.30. The first-order valence-electron chi connectivity index (χ1n) is 3.77. The average molecular weight is 205 g/mol. The van der Waals surface area contributed by atoms with Gasteiger partial charge in [0.05, 0.1) is 0 Å². The topological polar surface area (TPSA) is 35.2 Å². The summed E-state index contributed by atoms with van der Waals surface area (Å²) < 4.78 is 41.5. The van der Waals surface area contributed by atoms with Crippen molar-refractivity contribution in [3.05, 3.63) is 24.2 Å². The van der Waals surface area contributed by atoms with E-state index in [-0.39, 0.29) is 5.47 Å². The first-order chi connectivity index (χ1) is 6.32. The van der Waals surface area contributed by atoms with Crippen LogP contribution in [0.1, 0.15) is 0 Å². The van der Waals surface area contributed by atoms with Gasteiger partial charge in [0.15, 0.2) is 0 Å². The molecular weight excluding hydrogens is 194 g/mol. The lowest BCUT2D eigenvalue weighted by molar-refractivity contribution is -0.187. The van der Waals surface area contributed by atoms with Gasteiger partial charge in [-0.3, -0.25) is 0 Å². The van der Waals surface area contributed by atoms with Crippen LogP contribution in [0, 0.1) is 5.92 Å². The number of rotatable bonds is 4. The molecule has 6 heteroatoms. The predicted molar refractivity (Wildman–Crippen MR) is 48.6 cm³/mol. The Morgan fingerprint density at radius 3 is 2.36 bits per heavy atom. The fraction of sp³-hybridized carbons (Fsp3) is 0.500. The second kappa shape index (κ2) is 5.21. The molecule has 0 fully saturated rings. The van der Waals surface area contributed by atoms with E-state index >= 15 is 0 Å². The van der Waals surface area contributed by atoms with Crippen molar-refractivity contribution in [1.29, 1.82) is 0 Å². The summed E-state index contributed by atoms with van der Waals surface area (Å²) in [6, 6.07) is 0. The largest absolute Gasteiger partial charge is 0.398 e. The van der Waals surface area contributed by atoms with Crippen LogP contribution in [-0.2, 0) is 4.74 Å². The molecule has 0 aromatic carbocycles. The maximum Gasteiger partial charge on any atom is 0.398 e. The molecule has 0 aliphatic rings. The molecule has 0 aromatic rings. The van der Waals surface area contributed by atoms with E-state index in [0.29, 0.717) is 0 Å². The third-order valence-electron chi connectivity index (χ3n) is 1.61. The van der Waals surface area contributed by atoms with E-state index < -0.39 is 18.3 Å². The lowest BCUT2D eigenvalue weighted by Crippen LogP contribution is -2.40. The van der Waals surface area contributed by atoms with E-state index in [4.69, 9.17) is 13.6 Å². The van der Waals surface area contributed by atoms with Crippen molar-refractivity contribution in [2.45, 2.75) is 12.4 Å². The molecule has 0 bridgehead atoms. The van der Waals surface area contributed by atoms with Crippen LogP contribution < -0.4 is 5.73 Å². The summed E-state index contributed by atoms with van der Waals surface area (Å²) in [5.41, 5.74) is 5.05. The minimum absolute atomic E-state index is 0.0835. The number of halogens is 3. The van der Waals surface area contributed by atoms with E-state index in [1.165, 1.54) is 0 Å². The Hall–Kier alpha value is -0.745. The summed E-state index contributed by atoms with van der Waals surface area (Å²) in [6.07, 6.45) is -4.06. The van der Waals surface area contributed by atoms with Crippen LogP contribution in [0.5, 0.6) is 0 Å². The average Bonchev–Trinajstić information content (AvgIpc) is 2.10. The highest BCUT2D eigenvalue weighted by molar-refractivity contribution is 6.23. The molecule has 0 amide bonds. The Bertz CT molecular complexity index is 227.